The van der Waals surface area contributed by atoms with E-state index in [-0.39, 0.29) is 89.5 Å². The van der Waals surface area contributed by atoms with Gasteiger partial charge in [-0.05, 0) is 0 Å². The van der Waals surface area contributed by atoms with Gasteiger partial charge < -0.3 is 6.92 Å². The normalized spacial score (nSPS) is 8.64. The van der Waals surface area contributed by atoms with E-state index in [1.54, 1.807) is 31.9 Å². The first-order valence-corrected chi connectivity index (χ1v) is 13.7. The van der Waals surface area contributed by atoms with Gasteiger partial charge in [0.2, 0.25) is 0 Å². The fraction of sp³-hybridized carbons (Fsp3) is 0.750. The van der Waals surface area contributed by atoms with Crippen LogP contribution in [0.1, 0.15) is 6.92 Å². The summed E-state index contributed by atoms with van der Waals surface area (Å²) >= 11 is 3.57. The van der Waals surface area contributed by atoms with Crippen molar-refractivity contribution in [3.63, 3.8) is 0 Å². The second-order valence-corrected chi connectivity index (χ2v) is 14.2. The van der Waals surface area contributed by atoms with Crippen molar-refractivity contribution in [2.75, 3.05) is 12.6 Å². The summed E-state index contributed by atoms with van der Waals surface area (Å²) in [6, 6.07) is 0. The van der Waals surface area contributed by atoms with Gasteiger partial charge in [0.25, 0.3) is 0 Å². The Hall–Kier alpha value is 4.90. The van der Waals surface area contributed by atoms with Crippen molar-refractivity contribution in [3.05, 3.63) is 6.92 Å². The second kappa shape index (κ2) is 29.4. The maximum atomic E-state index is 3.25. The molecule has 1 unspecified atom stereocenters. The molecule has 0 amide bonds. The molecule has 0 aliphatic carbocycles. The van der Waals surface area contributed by atoms with E-state index in [1.807, 2.05) is 18.8 Å². The first-order chi connectivity index (χ1) is 3.77. The summed E-state index contributed by atoms with van der Waals surface area (Å²) in [6.07, 6.45) is 1.67. The maximum absolute atomic E-state index is 3.25. The molecule has 11 heavy (non-hydrogen) atoms. The number of hydrogen-bond donors (Lipinski definition) is 0. The van der Waals surface area contributed by atoms with E-state index in [0.29, 0.717) is 0 Å². The molecule has 0 rings (SSSR count). The van der Waals surface area contributed by atoms with Crippen LogP contribution in [-0.2, 0) is 122 Å². The molecule has 7 heteroatoms. The first-order valence-electron chi connectivity index (χ1n) is 2.26. The largest absolute Gasteiger partial charge is 0.346 e. The molecular weight excluding hydrogens is 706 g/mol. The van der Waals surface area contributed by atoms with Gasteiger partial charge >= 0.3 is 62.0 Å². The monoisotopic (exact) mass is 718 g/mol. The molecular formula is C4H11P2VW2Y2-. The van der Waals surface area contributed by atoms with Crippen molar-refractivity contribution < 1.29 is 122 Å². The Morgan fingerprint density at radius 1 is 1.36 bits per heavy atom. The average molecular weight is 718 g/mol. The van der Waals surface area contributed by atoms with Crippen molar-refractivity contribution >= 4 is 11.8 Å². The predicted octanol–water partition coefficient (Wildman–Crippen LogP) is 2.49. The van der Waals surface area contributed by atoms with E-state index in [2.05, 4.69) is 13.6 Å². The van der Waals surface area contributed by atoms with Crippen molar-refractivity contribution in [2.24, 2.45) is 0 Å². The zero-order valence-corrected chi connectivity index (χ0v) is 21.6. The summed E-state index contributed by atoms with van der Waals surface area (Å²) in [5.41, 5.74) is 0.206. The van der Waals surface area contributed by atoms with Gasteiger partial charge in [-0.2, -0.15) is 6.92 Å². The number of hydrogen-bond acceptors (Lipinski definition) is 0. The zero-order chi connectivity index (χ0) is 6.99. The van der Waals surface area contributed by atoms with Crippen LogP contribution in [0.2, 0.25) is 0 Å². The fourth-order valence-electron chi connectivity index (χ4n) is 0.0909. The minimum absolute atomic E-state index is 0. The minimum atomic E-state index is 0. The summed E-state index contributed by atoms with van der Waals surface area (Å²) in [6.45, 7) is 7.40. The standard InChI is InChI=1S/C2H6P2.C2H5.V.2W.2Y/c1-4-2-3;1-2;;;;;/h4H,2H2,1H3;1H2,2H3;;;;;/q;-1;;;;;. The van der Waals surface area contributed by atoms with Gasteiger partial charge in [-0.25, -0.2) is 0 Å². The Morgan fingerprint density at radius 2 is 1.64 bits per heavy atom. The smallest absolute Gasteiger partial charge is 0 e. The Morgan fingerprint density at radius 3 is 1.64 bits per heavy atom. The molecule has 0 aliphatic heterocycles. The van der Waals surface area contributed by atoms with Crippen LogP contribution in [-0.4, -0.2) is 12.6 Å². The van der Waals surface area contributed by atoms with Crippen molar-refractivity contribution in [3.8, 4) is 0 Å². The molecule has 3 radical (unpaired) electrons. The van der Waals surface area contributed by atoms with Gasteiger partial charge in [-0.3, -0.25) is 0 Å². The van der Waals surface area contributed by atoms with Gasteiger partial charge in [-0.15, -0.1) is 0 Å². The molecule has 0 saturated carbocycles. The molecule has 0 aromatic rings. The molecule has 0 N–H and O–H groups in total. The summed E-state index contributed by atoms with van der Waals surface area (Å²) in [4.78, 5) is 0. The Bertz CT molecular complexity index is 84.5. The SMILES string of the molecule is C[PH](=[W])C[P]=[W].[CH2-]C.[V].[Y].[Y]. The van der Waals surface area contributed by atoms with Crippen molar-refractivity contribution in [1.82, 2.24) is 0 Å². The van der Waals surface area contributed by atoms with Crippen LogP contribution in [0.15, 0.2) is 0 Å². The number of rotatable bonds is 2. The Balaban J connectivity index is -0.0000000222. The summed E-state index contributed by atoms with van der Waals surface area (Å²) in [5, 5.41) is 0. The van der Waals surface area contributed by atoms with Gasteiger partial charge in [-0.1, -0.05) is 0 Å². The van der Waals surface area contributed by atoms with Crippen LogP contribution in [0.3, 0.4) is 0 Å². The Labute approximate surface area is 156 Å². The molecule has 0 spiro atoms. The van der Waals surface area contributed by atoms with Crippen LogP contribution in [0.5, 0.6) is 0 Å². The van der Waals surface area contributed by atoms with E-state index in [9.17, 15) is 0 Å². The minimum Gasteiger partial charge on any atom is -0.346 e. The maximum Gasteiger partial charge on any atom is 0 e. The Kier molecular flexibility index (Phi) is 79.3. The summed E-state index contributed by atoms with van der Waals surface area (Å²) < 4.78 is 0. The molecule has 0 nitrogen and oxygen atoms in total. The molecule has 0 fully saturated rings. The molecule has 61 valence electrons. The summed E-state index contributed by atoms with van der Waals surface area (Å²) in [5.74, 6) is 1.52. The molecule has 0 bridgehead atoms. The molecule has 0 saturated heterocycles. The van der Waals surface area contributed by atoms with Crippen LogP contribution in [0, 0.1) is 6.92 Å². The van der Waals surface area contributed by atoms with Crippen LogP contribution >= 0.6 is 11.8 Å². The van der Waals surface area contributed by atoms with Gasteiger partial charge in [0.05, 0.1) is 0 Å². The summed E-state index contributed by atoms with van der Waals surface area (Å²) in [7, 11) is 0. The molecule has 0 heterocycles. The van der Waals surface area contributed by atoms with E-state index in [4.69, 9.17) is 0 Å². The van der Waals surface area contributed by atoms with Gasteiger partial charge in [0, 0.05) is 84.0 Å². The van der Waals surface area contributed by atoms with Crippen LogP contribution < -0.4 is 0 Å². The third kappa shape index (κ3) is 39.7. The third-order valence-corrected chi connectivity index (χ3v) is 10.9. The van der Waals surface area contributed by atoms with Crippen LogP contribution in [0.4, 0.5) is 0 Å². The van der Waals surface area contributed by atoms with E-state index in [1.165, 1.54) is 5.90 Å². The third-order valence-electron chi connectivity index (χ3n) is 0.287. The zero-order valence-electron chi connectivity index (χ0n) is 6.78. The molecule has 1 atom stereocenters. The molecule has 0 aliphatic rings. The molecule has 0 aromatic carbocycles. The predicted molar refractivity (Wildman–Crippen MR) is 37.1 cm³/mol. The van der Waals surface area contributed by atoms with E-state index in [0.717, 1.165) is 0 Å². The van der Waals surface area contributed by atoms with Gasteiger partial charge in [0.15, 0.2) is 0 Å². The molecule has 0 aromatic heterocycles. The van der Waals surface area contributed by atoms with Gasteiger partial charge in [0.1, 0.15) is 0 Å². The van der Waals surface area contributed by atoms with E-state index < -0.39 is 0 Å². The van der Waals surface area contributed by atoms with E-state index >= 15 is 0 Å². The second-order valence-electron chi connectivity index (χ2n) is 0.989. The van der Waals surface area contributed by atoms with Crippen LogP contribution in [0.25, 0.3) is 0 Å². The van der Waals surface area contributed by atoms with Crippen molar-refractivity contribution in [2.45, 2.75) is 6.92 Å². The quantitative estimate of drug-likeness (QED) is 0.305. The fourth-order valence-corrected chi connectivity index (χ4v) is 20.6. The topological polar surface area (TPSA) is 0 Å². The van der Waals surface area contributed by atoms with Crippen molar-refractivity contribution in [1.29, 1.82) is 0 Å². The first kappa shape index (κ1) is 29.7. The average Bonchev–Trinajstić information content (AvgIpc) is 1.72.